The van der Waals surface area contributed by atoms with E-state index in [0.29, 0.717) is 24.0 Å². The van der Waals surface area contributed by atoms with E-state index in [0.717, 1.165) is 22.9 Å². The third-order valence-electron chi connectivity index (χ3n) is 6.32. The summed E-state index contributed by atoms with van der Waals surface area (Å²) in [6.07, 6.45) is 7.43. The monoisotopic (exact) mass is 426 g/mol. The van der Waals surface area contributed by atoms with Gasteiger partial charge in [0.05, 0.1) is 17.2 Å². The van der Waals surface area contributed by atoms with Crippen LogP contribution in [0.1, 0.15) is 61.4 Å². The summed E-state index contributed by atoms with van der Waals surface area (Å²) < 4.78 is 5.87. The number of hydrogen-bond donors (Lipinski definition) is 2. The SMILES string of the molecule is CCC(NC1CCCCC1)C(CNc1nc2ccc(C)cc2cc1C(=O)N(C)C)OC. The molecule has 2 unspecified atom stereocenters. The lowest BCUT2D eigenvalue weighted by molar-refractivity contribution is 0.0698. The number of fused-ring (bicyclic) bond motifs is 1. The molecule has 6 heteroatoms. The minimum Gasteiger partial charge on any atom is -0.378 e. The summed E-state index contributed by atoms with van der Waals surface area (Å²) in [5.74, 6) is 0.560. The molecule has 0 saturated heterocycles. The van der Waals surface area contributed by atoms with Crippen LogP contribution in [0, 0.1) is 6.92 Å². The molecule has 170 valence electrons. The number of carbonyl (C=O) groups is 1. The zero-order valence-corrected chi connectivity index (χ0v) is 19.7. The van der Waals surface area contributed by atoms with Gasteiger partial charge in [-0.2, -0.15) is 0 Å². The Labute approximate surface area is 186 Å². The Morgan fingerprint density at radius 2 is 1.97 bits per heavy atom. The van der Waals surface area contributed by atoms with Crippen LogP contribution in [0.2, 0.25) is 0 Å². The number of nitrogens with one attached hydrogen (secondary N) is 2. The molecule has 1 heterocycles. The quantitative estimate of drug-likeness (QED) is 0.623. The average Bonchev–Trinajstić information content (AvgIpc) is 2.78. The highest BCUT2D eigenvalue weighted by molar-refractivity contribution is 6.02. The van der Waals surface area contributed by atoms with Crippen molar-refractivity contribution in [3.63, 3.8) is 0 Å². The summed E-state index contributed by atoms with van der Waals surface area (Å²) in [5.41, 5.74) is 2.62. The topological polar surface area (TPSA) is 66.5 Å². The van der Waals surface area contributed by atoms with Crippen molar-refractivity contribution in [1.29, 1.82) is 0 Å². The van der Waals surface area contributed by atoms with Gasteiger partial charge in [0.15, 0.2) is 0 Å². The van der Waals surface area contributed by atoms with Gasteiger partial charge in [0, 0.05) is 45.2 Å². The smallest absolute Gasteiger partial charge is 0.257 e. The number of nitrogens with zero attached hydrogens (tertiary/aromatic N) is 2. The predicted molar refractivity (Wildman–Crippen MR) is 128 cm³/mol. The van der Waals surface area contributed by atoms with Crippen LogP contribution >= 0.6 is 0 Å². The molecular weight excluding hydrogens is 388 g/mol. The minimum absolute atomic E-state index is 0.00949. The number of ether oxygens (including phenoxy) is 1. The molecule has 1 aromatic heterocycles. The molecule has 0 aliphatic heterocycles. The van der Waals surface area contributed by atoms with Crippen LogP contribution in [0.15, 0.2) is 24.3 Å². The van der Waals surface area contributed by atoms with E-state index in [9.17, 15) is 4.79 Å². The number of aromatic nitrogens is 1. The lowest BCUT2D eigenvalue weighted by Crippen LogP contribution is -2.49. The molecule has 0 spiro atoms. The van der Waals surface area contributed by atoms with Crippen molar-refractivity contribution < 1.29 is 9.53 Å². The second-order valence-corrected chi connectivity index (χ2v) is 8.95. The number of pyridine rings is 1. The highest BCUT2D eigenvalue weighted by Gasteiger charge is 2.25. The van der Waals surface area contributed by atoms with Crippen LogP contribution in [-0.4, -0.2) is 61.7 Å². The van der Waals surface area contributed by atoms with Gasteiger partial charge in [0.2, 0.25) is 0 Å². The van der Waals surface area contributed by atoms with E-state index in [2.05, 4.69) is 23.6 Å². The van der Waals surface area contributed by atoms with Crippen LogP contribution in [0.25, 0.3) is 10.9 Å². The summed E-state index contributed by atoms with van der Waals surface area (Å²) in [6.45, 7) is 4.84. The first-order chi connectivity index (χ1) is 14.9. The zero-order valence-electron chi connectivity index (χ0n) is 19.7. The first-order valence-electron chi connectivity index (χ1n) is 11.6. The highest BCUT2D eigenvalue weighted by Crippen LogP contribution is 2.24. The number of hydrogen-bond acceptors (Lipinski definition) is 5. The lowest BCUT2D eigenvalue weighted by atomic mass is 9.94. The summed E-state index contributed by atoms with van der Waals surface area (Å²) >= 11 is 0. The molecular formula is C25H38N4O2. The van der Waals surface area contributed by atoms with Gasteiger partial charge < -0.3 is 20.3 Å². The van der Waals surface area contributed by atoms with E-state index in [1.807, 2.05) is 25.1 Å². The number of amides is 1. The normalized spacial score (nSPS) is 16.8. The van der Waals surface area contributed by atoms with Crippen LogP contribution in [0.3, 0.4) is 0 Å². The first kappa shape index (κ1) is 23.5. The van der Waals surface area contributed by atoms with Gasteiger partial charge in [-0.25, -0.2) is 4.98 Å². The third kappa shape index (κ3) is 5.95. The van der Waals surface area contributed by atoms with Gasteiger partial charge in [-0.3, -0.25) is 4.79 Å². The standard InChI is InChI=1S/C25H38N4O2/c1-6-21(27-19-10-8-7-9-11-19)23(31-5)16-26-24-20(25(30)29(3)4)15-18-14-17(2)12-13-22(18)28-24/h12-15,19,21,23,27H,6-11,16H2,1-5H3,(H,26,28). The van der Waals surface area contributed by atoms with Gasteiger partial charge in [0.1, 0.15) is 5.82 Å². The summed E-state index contributed by atoms with van der Waals surface area (Å²) in [4.78, 5) is 19.2. The maximum absolute atomic E-state index is 12.9. The van der Waals surface area contributed by atoms with E-state index in [-0.39, 0.29) is 18.1 Å². The number of aryl methyl sites for hydroxylation is 1. The molecule has 2 atom stereocenters. The van der Waals surface area contributed by atoms with Gasteiger partial charge in [-0.05, 0) is 44.4 Å². The Morgan fingerprint density at radius 3 is 2.61 bits per heavy atom. The largest absolute Gasteiger partial charge is 0.378 e. The maximum Gasteiger partial charge on any atom is 0.257 e. The molecule has 2 aromatic rings. The van der Waals surface area contributed by atoms with E-state index in [1.54, 1.807) is 26.1 Å². The van der Waals surface area contributed by atoms with Crippen molar-refractivity contribution in [1.82, 2.24) is 15.2 Å². The second-order valence-electron chi connectivity index (χ2n) is 8.95. The third-order valence-corrected chi connectivity index (χ3v) is 6.32. The predicted octanol–water partition coefficient (Wildman–Crippen LogP) is 4.37. The van der Waals surface area contributed by atoms with Crippen molar-refractivity contribution in [2.24, 2.45) is 0 Å². The Morgan fingerprint density at radius 1 is 1.23 bits per heavy atom. The average molecular weight is 427 g/mol. The fourth-order valence-electron chi connectivity index (χ4n) is 4.48. The van der Waals surface area contributed by atoms with Crippen LogP contribution in [0.5, 0.6) is 0 Å². The van der Waals surface area contributed by atoms with E-state index < -0.39 is 0 Å². The molecule has 2 N–H and O–H groups in total. The fourth-order valence-corrected chi connectivity index (χ4v) is 4.48. The number of anilines is 1. The van der Waals surface area contributed by atoms with Crippen LogP contribution < -0.4 is 10.6 Å². The van der Waals surface area contributed by atoms with Crippen molar-refractivity contribution in [3.05, 3.63) is 35.4 Å². The van der Waals surface area contributed by atoms with Gasteiger partial charge in [-0.1, -0.05) is 37.8 Å². The summed E-state index contributed by atoms with van der Waals surface area (Å²) in [6, 6.07) is 8.90. The fraction of sp³-hybridized carbons (Fsp3) is 0.600. The molecule has 1 aliphatic carbocycles. The van der Waals surface area contributed by atoms with Crippen molar-refractivity contribution in [2.45, 2.75) is 70.6 Å². The van der Waals surface area contributed by atoms with Gasteiger partial charge >= 0.3 is 0 Å². The van der Waals surface area contributed by atoms with Crippen molar-refractivity contribution in [3.8, 4) is 0 Å². The van der Waals surface area contributed by atoms with Gasteiger partial charge in [-0.15, -0.1) is 0 Å². The highest BCUT2D eigenvalue weighted by atomic mass is 16.5. The number of methoxy groups -OCH3 is 1. The summed E-state index contributed by atoms with van der Waals surface area (Å²) in [5, 5.41) is 8.24. The Bertz CT molecular complexity index is 877. The van der Waals surface area contributed by atoms with E-state index in [1.165, 1.54) is 32.1 Å². The molecule has 1 saturated carbocycles. The van der Waals surface area contributed by atoms with Crippen LogP contribution in [0.4, 0.5) is 5.82 Å². The van der Waals surface area contributed by atoms with Gasteiger partial charge in [0.25, 0.3) is 5.91 Å². The van der Waals surface area contributed by atoms with E-state index in [4.69, 9.17) is 9.72 Å². The number of benzene rings is 1. The number of carbonyl (C=O) groups excluding carboxylic acids is 1. The maximum atomic E-state index is 12.9. The molecule has 1 amide bonds. The molecule has 1 aromatic carbocycles. The molecule has 0 radical (unpaired) electrons. The van der Waals surface area contributed by atoms with Crippen LogP contribution in [-0.2, 0) is 4.74 Å². The summed E-state index contributed by atoms with van der Waals surface area (Å²) in [7, 11) is 5.30. The Hall–Kier alpha value is -2.18. The first-order valence-corrected chi connectivity index (χ1v) is 11.6. The molecule has 0 bridgehead atoms. The molecule has 31 heavy (non-hydrogen) atoms. The molecule has 3 rings (SSSR count). The molecule has 6 nitrogen and oxygen atoms in total. The van der Waals surface area contributed by atoms with Crippen molar-refractivity contribution in [2.75, 3.05) is 33.1 Å². The number of rotatable bonds is 9. The Kier molecular flexibility index (Phi) is 8.27. The second kappa shape index (κ2) is 10.9. The molecule has 1 fully saturated rings. The van der Waals surface area contributed by atoms with Crippen molar-refractivity contribution >= 4 is 22.6 Å². The zero-order chi connectivity index (χ0) is 22.4. The minimum atomic E-state index is -0.0558. The Balaban J connectivity index is 1.80. The van der Waals surface area contributed by atoms with E-state index >= 15 is 0 Å². The lowest BCUT2D eigenvalue weighted by Gasteiger charge is -2.32. The molecule has 1 aliphatic rings.